The zero-order valence-electron chi connectivity index (χ0n) is 16.5. The van der Waals surface area contributed by atoms with E-state index in [1.165, 1.54) is 6.42 Å². The number of rotatable bonds is 8. The Labute approximate surface area is 161 Å². The first-order valence-corrected chi connectivity index (χ1v) is 9.60. The SMILES string of the molecule is CCOc1ccc(CN(C)CC(=O)NC(=O)NC2CCCCC2)cc1OC. The lowest BCUT2D eigenvalue weighted by Gasteiger charge is -2.23. The minimum absolute atomic E-state index is 0.133. The molecule has 0 unspecified atom stereocenters. The summed E-state index contributed by atoms with van der Waals surface area (Å²) in [5.74, 6) is 1.05. The van der Waals surface area contributed by atoms with Crippen LogP contribution in [-0.2, 0) is 11.3 Å². The molecule has 1 saturated carbocycles. The Morgan fingerprint density at radius 1 is 1.19 bits per heavy atom. The summed E-state index contributed by atoms with van der Waals surface area (Å²) in [4.78, 5) is 25.9. The largest absolute Gasteiger partial charge is 0.493 e. The van der Waals surface area contributed by atoms with Gasteiger partial charge in [-0.15, -0.1) is 0 Å². The van der Waals surface area contributed by atoms with Crippen LogP contribution in [-0.4, -0.2) is 50.2 Å². The van der Waals surface area contributed by atoms with Crippen molar-refractivity contribution in [3.05, 3.63) is 23.8 Å². The van der Waals surface area contributed by atoms with Gasteiger partial charge in [-0.1, -0.05) is 25.3 Å². The van der Waals surface area contributed by atoms with Crippen LogP contribution in [0.2, 0.25) is 0 Å². The van der Waals surface area contributed by atoms with E-state index in [9.17, 15) is 9.59 Å². The smallest absolute Gasteiger partial charge is 0.321 e. The van der Waals surface area contributed by atoms with Gasteiger partial charge in [-0.2, -0.15) is 0 Å². The Bertz CT molecular complexity index is 630. The van der Waals surface area contributed by atoms with Gasteiger partial charge in [0.1, 0.15) is 0 Å². The molecule has 0 aliphatic heterocycles. The summed E-state index contributed by atoms with van der Waals surface area (Å²) < 4.78 is 10.9. The highest BCUT2D eigenvalue weighted by Gasteiger charge is 2.17. The Balaban J connectivity index is 1.79. The molecule has 1 aliphatic rings. The fourth-order valence-electron chi connectivity index (χ4n) is 3.33. The molecule has 27 heavy (non-hydrogen) atoms. The van der Waals surface area contributed by atoms with Crippen LogP contribution in [0.1, 0.15) is 44.6 Å². The van der Waals surface area contributed by atoms with Crippen molar-refractivity contribution in [1.29, 1.82) is 0 Å². The average molecular weight is 377 g/mol. The van der Waals surface area contributed by atoms with Crippen molar-refractivity contribution in [2.24, 2.45) is 0 Å². The van der Waals surface area contributed by atoms with Crippen molar-refractivity contribution < 1.29 is 19.1 Å². The number of benzene rings is 1. The predicted molar refractivity (Wildman–Crippen MR) is 104 cm³/mol. The molecule has 0 radical (unpaired) electrons. The summed E-state index contributed by atoms with van der Waals surface area (Å²) >= 11 is 0. The van der Waals surface area contributed by atoms with Crippen LogP contribution in [0.4, 0.5) is 4.79 Å². The van der Waals surface area contributed by atoms with Gasteiger partial charge in [-0.05, 0) is 44.5 Å². The first-order valence-electron chi connectivity index (χ1n) is 9.60. The van der Waals surface area contributed by atoms with E-state index in [1.54, 1.807) is 7.11 Å². The van der Waals surface area contributed by atoms with Crippen molar-refractivity contribution in [2.45, 2.75) is 51.6 Å². The van der Waals surface area contributed by atoms with Gasteiger partial charge in [-0.25, -0.2) is 4.79 Å². The third-order valence-electron chi connectivity index (χ3n) is 4.59. The molecule has 2 N–H and O–H groups in total. The van der Waals surface area contributed by atoms with E-state index in [4.69, 9.17) is 9.47 Å². The highest BCUT2D eigenvalue weighted by Crippen LogP contribution is 2.28. The van der Waals surface area contributed by atoms with E-state index in [0.717, 1.165) is 31.2 Å². The van der Waals surface area contributed by atoms with Gasteiger partial charge in [0.25, 0.3) is 0 Å². The molecule has 0 saturated heterocycles. The summed E-state index contributed by atoms with van der Waals surface area (Å²) in [5.41, 5.74) is 0.997. The molecule has 1 aromatic rings. The van der Waals surface area contributed by atoms with Crippen LogP contribution < -0.4 is 20.1 Å². The van der Waals surface area contributed by atoms with Gasteiger partial charge in [0.2, 0.25) is 5.91 Å². The third-order valence-corrected chi connectivity index (χ3v) is 4.59. The molecule has 1 aliphatic carbocycles. The Morgan fingerprint density at radius 3 is 2.59 bits per heavy atom. The number of nitrogens with zero attached hydrogens (tertiary/aromatic N) is 1. The van der Waals surface area contributed by atoms with Gasteiger partial charge in [0, 0.05) is 12.6 Å². The van der Waals surface area contributed by atoms with Crippen molar-refractivity contribution in [3.8, 4) is 11.5 Å². The third kappa shape index (κ3) is 7.09. The minimum Gasteiger partial charge on any atom is -0.493 e. The molecule has 0 aromatic heterocycles. The quantitative estimate of drug-likeness (QED) is 0.728. The molecule has 7 nitrogen and oxygen atoms in total. The van der Waals surface area contributed by atoms with E-state index >= 15 is 0 Å². The Kier molecular flexibility index (Phi) is 8.39. The lowest BCUT2D eigenvalue weighted by atomic mass is 9.96. The molecule has 0 atom stereocenters. The second-order valence-electron chi connectivity index (χ2n) is 6.95. The second kappa shape index (κ2) is 10.8. The first-order chi connectivity index (χ1) is 13.0. The number of carbonyl (C=O) groups excluding carboxylic acids is 2. The molecule has 2 rings (SSSR count). The normalized spacial score (nSPS) is 14.7. The van der Waals surface area contributed by atoms with Crippen LogP contribution in [0, 0.1) is 0 Å². The molecule has 150 valence electrons. The zero-order chi connectivity index (χ0) is 19.6. The number of hydrogen-bond donors (Lipinski definition) is 2. The first kappa shape index (κ1) is 21.0. The number of urea groups is 1. The van der Waals surface area contributed by atoms with Gasteiger partial charge < -0.3 is 14.8 Å². The molecule has 1 fully saturated rings. The maximum absolute atomic E-state index is 12.1. The highest BCUT2D eigenvalue weighted by atomic mass is 16.5. The molecule has 0 heterocycles. The maximum Gasteiger partial charge on any atom is 0.321 e. The van der Waals surface area contributed by atoms with E-state index < -0.39 is 6.03 Å². The van der Waals surface area contributed by atoms with Crippen LogP contribution in [0.5, 0.6) is 11.5 Å². The number of likely N-dealkylation sites (N-methyl/N-ethyl adjacent to an activating group) is 1. The fraction of sp³-hybridized carbons (Fsp3) is 0.600. The maximum atomic E-state index is 12.1. The van der Waals surface area contributed by atoms with E-state index in [-0.39, 0.29) is 18.5 Å². The molecule has 0 spiro atoms. The highest BCUT2D eigenvalue weighted by molar-refractivity contribution is 5.95. The minimum atomic E-state index is -0.400. The van der Waals surface area contributed by atoms with E-state index in [1.807, 2.05) is 37.1 Å². The number of ether oxygens (including phenoxy) is 2. The van der Waals surface area contributed by atoms with Crippen molar-refractivity contribution in [2.75, 3.05) is 27.3 Å². The molecule has 7 heteroatoms. The summed E-state index contributed by atoms with van der Waals surface area (Å²) in [5, 5.41) is 5.30. The lowest BCUT2D eigenvalue weighted by molar-refractivity contribution is -0.121. The molecular weight excluding hydrogens is 346 g/mol. The number of nitrogens with one attached hydrogen (secondary N) is 2. The van der Waals surface area contributed by atoms with Gasteiger partial charge in [-0.3, -0.25) is 15.0 Å². The van der Waals surface area contributed by atoms with Crippen molar-refractivity contribution in [1.82, 2.24) is 15.5 Å². The van der Waals surface area contributed by atoms with Gasteiger partial charge in [0.05, 0.1) is 20.3 Å². The Morgan fingerprint density at radius 2 is 1.93 bits per heavy atom. The number of carbonyl (C=O) groups is 2. The van der Waals surface area contributed by atoms with Crippen LogP contribution in [0.25, 0.3) is 0 Å². The average Bonchev–Trinajstić information content (AvgIpc) is 2.63. The Hall–Kier alpha value is -2.28. The van der Waals surface area contributed by atoms with Crippen molar-refractivity contribution >= 4 is 11.9 Å². The molecule has 3 amide bonds. The summed E-state index contributed by atoms with van der Waals surface area (Å²) in [6.07, 6.45) is 5.46. The van der Waals surface area contributed by atoms with Crippen LogP contribution in [0.15, 0.2) is 18.2 Å². The van der Waals surface area contributed by atoms with E-state index in [2.05, 4.69) is 10.6 Å². The van der Waals surface area contributed by atoms with Crippen LogP contribution >= 0.6 is 0 Å². The van der Waals surface area contributed by atoms with Crippen molar-refractivity contribution in [3.63, 3.8) is 0 Å². The van der Waals surface area contributed by atoms with Gasteiger partial charge >= 0.3 is 6.03 Å². The predicted octanol–water partition coefficient (Wildman–Crippen LogP) is 2.68. The number of methoxy groups -OCH3 is 1. The standard InChI is InChI=1S/C20H31N3O4/c1-4-27-17-11-10-15(12-18(17)26-3)13-23(2)14-19(24)22-20(25)21-16-8-6-5-7-9-16/h10-12,16H,4-9,13-14H2,1-3H3,(H2,21,22,24,25). The van der Waals surface area contributed by atoms with Crippen LogP contribution in [0.3, 0.4) is 0 Å². The fourth-order valence-corrected chi connectivity index (χ4v) is 3.33. The zero-order valence-corrected chi connectivity index (χ0v) is 16.5. The molecule has 0 bridgehead atoms. The summed E-state index contributed by atoms with van der Waals surface area (Å²) in [7, 11) is 3.44. The monoisotopic (exact) mass is 377 g/mol. The number of hydrogen-bond acceptors (Lipinski definition) is 5. The second-order valence-corrected chi connectivity index (χ2v) is 6.95. The topological polar surface area (TPSA) is 79.9 Å². The molecule has 1 aromatic carbocycles. The van der Waals surface area contributed by atoms with E-state index in [0.29, 0.717) is 24.7 Å². The summed E-state index contributed by atoms with van der Waals surface area (Å²) in [6, 6.07) is 5.49. The van der Waals surface area contributed by atoms with Gasteiger partial charge in [0.15, 0.2) is 11.5 Å². The molecular formula is C20H31N3O4. The number of amides is 3. The summed E-state index contributed by atoms with van der Waals surface area (Å²) in [6.45, 7) is 3.18. The number of imide groups is 1. The lowest BCUT2D eigenvalue weighted by Crippen LogP contribution is -2.47.